The fraction of sp³-hybridized carbons (Fsp3) is 0.111. The van der Waals surface area contributed by atoms with Crippen LogP contribution in [0, 0.1) is 20.8 Å². The number of benzene rings is 4. The summed E-state index contributed by atoms with van der Waals surface area (Å²) in [5, 5.41) is 29.9. The van der Waals surface area contributed by atoms with Gasteiger partial charge in [0.25, 0.3) is 0 Å². The van der Waals surface area contributed by atoms with Crippen LogP contribution in [0.4, 0.5) is 17.1 Å². The van der Waals surface area contributed by atoms with Gasteiger partial charge in [-0.25, -0.2) is 0 Å². The van der Waals surface area contributed by atoms with Gasteiger partial charge in [-0.3, -0.25) is 0 Å². The van der Waals surface area contributed by atoms with E-state index >= 15 is 0 Å². The third-order valence-electron chi connectivity index (χ3n) is 5.39. The van der Waals surface area contributed by atoms with Crippen molar-refractivity contribution < 1.29 is 20.1 Å². The summed E-state index contributed by atoms with van der Waals surface area (Å²) in [4.78, 5) is 2.04. The first-order valence-electron chi connectivity index (χ1n) is 10.3. The molecule has 0 saturated heterocycles. The number of nitrogens with zero attached hydrogens (tertiary/aromatic N) is 1. The van der Waals surface area contributed by atoms with Crippen molar-refractivity contribution in [2.45, 2.75) is 20.8 Å². The minimum absolute atomic E-state index is 0.190. The Hall–Kier alpha value is -4.12. The van der Waals surface area contributed by atoms with E-state index in [1.807, 2.05) is 80.3 Å². The molecule has 0 bridgehead atoms. The number of hydrogen-bond donors (Lipinski definition) is 3. The molecule has 0 aromatic heterocycles. The minimum atomic E-state index is 0.190. The number of phenols is 3. The molecular weight excluding hydrogens is 402 g/mol. The van der Waals surface area contributed by atoms with Gasteiger partial charge in [-0.2, -0.15) is 0 Å². The maximum Gasteiger partial charge on any atom is 0.131 e. The Morgan fingerprint density at radius 2 is 1.00 bits per heavy atom. The van der Waals surface area contributed by atoms with Crippen LogP contribution >= 0.6 is 0 Å². The van der Waals surface area contributed by atoms with Gasteiger partial charge in [0.1, 0.15) is 28.7 Å². The lowest BCUT2D eigenvalue weighted by Gasteiger charge is -2.26. The van der Waals surface area contributed by atoms with Crippen molar-refractivity contribution in [1.82, 2.24) is 0 Å². The summed E-state index contributed by atoms with van der Waals surface area (Å²) in [6.45, 7) is 5.54. The van der Waals surface area contributed by atoms with E-state index < -0.39 is 0 Å². The fourth-order valence-electron chi connectivity index (χ4n) is 3.46. The Balaban J connectivity index is 1.71. The van der Waals surface area contributed by atoms with Crippen molar-refractivity contribution in [3.8, 4) is 28.7 Å². The van der Waals surface area contributed by atoms with Crippen LogP contribution in [0.25, 0.3) is 0 Å². The number of aryl methyl sites for hydroxylation is 3. The Labute approximate surface area is 187 Å². The van der Waals surface area contributed by atoms with Gasteiger partial charge in [0.2, 0.25) is 0 Å². The summed E-state index contributed by atoms with van der Waals surface area (Å²) in [5.74, 6) is 1.86. The lowest BCUT2D eigenvalue weighted by atomic mass is 10.1. The van der Waals surface area contributed by atoms with Gasteiger partial charge < -0.3 is 25.0 Å². The predicted molar refractivity (Wildman–Crippen MR) is 127 cm³/mol. The Kier molecular flexibility index (Phi) is 5.65. The van der Waals surface area contributed by atoms with Gasteiger partial charge in [0.05, 0.1) is 0 Å². The molecule has 4 rings (SSSR count). The third kappa shape index (κ3) is 4.32. The Morgan fingerprint density at radius 3 is 1.50 bits per heavy atom. The quantitative estimate of drug-likeness (QED) is 0.320. The van der Waals surface area contributed by atoms with Crippen LogP contribution in [-0.4, -0.2) is 15.3 Å². The standard InChI is InChI=1S/C27H25NO4/c1-17-4-9-24(16-27(17)31)32-23-10-5-20(6-11-23)28(21-7-12-25(29)18(2)14-21)22-8-13-26(30)19(3)15-22/h4-16,29-31H,1-3H3. The molecule has 0 atom stereocenters. The van der Waals surface area contributed by atoms with Crippen molar-refractivity contribution in [1.29, 1.82) is 0 Å². The molecule has 3 N–H and O–H groups in total. The molecule has 0 aliphatic heterocycles. The second kappa shape index (κ2) is 8.55. The van der Waals surface area contributed by atoms with Crippen molar-refractivity contribution in [3.63, 3.8) is 0 Å². The van der Waals surface area contributed by atoms with E-state index in [0.29, 0.717) is 11.5 Å². The minimum Gasteiger partial charge on any atom is -0.508 e. The van der Waals surface area contributed by atoms with E-state index in [0.717, 1.165) is 33.8 Å². The van der Waals surface area contributed by atoms with Crippen LogP contribution in [0.15, 0.2) is 78.9 Å². The molecule has 4 aromatic rings. The van der Waals surface area contributed by atoms with Gasteiger partial charge in [-0.15, -0.1) is 0 Å². The smallest absolute Gasteiger partial charge is 0.131 e. The highest BCUT2D eigenvalue weighted by molar-refractivity contribution is 5.78. The molecule has 5 nitrogen and oxygen atoms in total. The first kappa shape index (κ1) is 21.1. The van der Waals surface area contributed by atoms with Crippen molar-refractivity contribution in [3.05, 3.63) is 95.6 Å². The average molecular weight is 428 g/mol. The van der Waals surface area contributed by atoms with Gasteiger partial charge in [-0.05, 0) is 104 Å². The van der Waals surface area contributed by atoms with Crippen LogP contribution in [0.2, 0.25) is 0 Å². The van der Waals surface area contributed by atoms with Gasteiger partial charge in [0.15, 0.2) is 0 Å². The zero-order valence-electron chi connectivity index (χ0n) is 18.2. The molecular formula is C27H25NO4. The second-order valence-corrected chi connectivity index (χ2v) is 7.82. The van der Waals surface area contributed by atoms with E-state index in [-0.39, 0.29) is 17.2 Å². The number of anilines is 3. The van der Waals surface area contributed by atoms with Crippen molar-refractivity contribution in [2.75, 3.05) is 4.90 Å². The van der Waals surface area contributed by atoms with Crippen LogP contribution < -0.4 is 9.64 Å². The highest BCUT2D eigenvalue weighted by Crippen LogP contribution is 2.39. The van der Waals surface area contributed by atoms with Crippen LogP contribution in [-0.2, 0) is 0 Å². The number of aromatic hydroxyl groups is 3. The Morgan fingerprint density at radius 1 is 0.500 bits per heavy atom. The fourth-order valence-corrected chi connectivity index (χ4v) is 3.46. The van der Waals surface area contributed by atoms with Crippen LogP contribution in [0.3, 0.4) is 0 Å². The third-order valence-corrected chi connectivity index (χ3v) is 5.39. The van der Waals surface area contributed by atoms with E-state index in [4.69, 9.17) is 4.74 Å². The zero-order chi connectivity index (χ0) is 22.8. The number of phenolic OH excluding ortho intramolecular Hbond substituents is 3. The van der Waals surface area contributed by atoms with E-state index in [1.165, 1.54) is 0 Å². The maximum atomic E-state index is 9.97. The molecule has 162 valence electrons. The summed E-state index contributed by atoms with van der Waals surface area (Å²) in [5.41, 5.74) is 4.96. The topological polar surface area (TPSA) is 73.2 Å². The highest BCUT2D eigenvalue weighted by atomic mass is 16.5. The summed E-state index contributed by atoms with van der Waals surface area (Å²) < 4.78 is 5.89. The summed E-state index contributed by atoms with van der Waals surface area (Å²) in [6, 6.07) is 23.7. The first-order valence-corrected chi connectivity index (χ1v) is 10.3. The molecule has 0 unspecified atom stereocenters. The molecule has 5 heteroatoms. The monoisotopic (exact) mass is 427 g/mol. The normalized spacial score (nSPS) is 10.7. The predicted octanol–water partition coefficient (Wildman–Crippen LogP) is 6.99. The highest BCUT2D eigenvalue weighted by Gasteiger charge is 2.15. The number of hydrogen-bond acceptors (Lipinski definition) is 5. The molecule has 0 fully saturated rings. The average Bonchev–Trinajstić information content (AvgIpc) is 2.77. The van der Waals surface area contributed by atoms with Gasteiger partial charge >= 0.3 is 0 Å². The lowest BCUT2D eigenvalue weighted by Crippen LogP contribution is -2.10. The zero-order valence-corrected chi connectivity index (χ0v) is 18.2. The summed E-state index contributed by atoms with van der Waals surface area (Å²) in [7, 11) is 0. The van der Waals surface area contributed by atoms with Crippen LogP contribution in [0.5, 0.6) is 28.7 Å². The van der Waals surface area contributed by atoms with E-state index in [1.54, 1.807) is 24.3 Å². The molecule has 0 aliphatic rings. The van der Waals surface area contributed by atoms with Gasteiger partial charge in [0, 0.05) is 23.1 Å². The largest absolute Gasteiger partial charge is 0.508 e. The molecule has 0 amide bonds. The number of rotatable bonds is 5. The molecule has 0 aliphatic carbocycles. The maximum absolute atomic E-state index is 9.97. The molecule has 0 saturated carbocycles. The number of ether oxygens (including phenoxy) is 1. The van der Waals surface area contributed by atoms with E-state index in [9.17, 15) is 15.3 Å². The SMILES string of the molecule is Cc1cc(N(c2ccc(Oc3ccc(C)c(O)c3)cc2)c2ccc(O)c(C)c2)ccc1O. The molecule has 0 spiro atoms. The van der Waals surface area contributed by atoms with Crippen molar-refractivity contribution >= 4 is 17.1 Å². The first-order chi connectivity index (χ1) is 15.3. The molecule has 32 heavy (non-hydrogen) atoms. The van der Waals surface area contributed by atoms with E-state index in [2.05, 4.69) is 0 Å². The molecule has 0 heterocycles. The van der Waals surface area contributed by atoms with Crippen molar-refractivity contribution in [2.24, 2.45) is 0 Å². The summed E-state index contributed by atoms with van der Waals surface area (Å²) in [6.07, 6.45) is 0. The molecule has 0 radical (unpaired) electrons. The summed E-state index contributed by atoms with van der Waals surface area (Å²) >= 11 is 0. The van der Waals surface area contributed by atoms with Gasteiger partial charge in [-0.1, -0.05) is 6.07 Å². The van der Waals surface area contributed by atoms with Crippen LogP contribution in [0.1, 0.15) is 16.7 Å². The Bertz CT molecular complexity index is 1210. The second-order valence-electron chi connectivity index (χ2n) is 7.82. The molecule has 4 aromatic carbocycles. The lowest BCUT2D eigenvalue weighted by molar-refractivity contribution is 0.452.